The van der Waals surface area contributed by atoms with Crippen molar-refractivity contribution in [3.05, 3.63) is 59.4 Å². The van der Waals surface area contributed by atoms with E-state index in [9.17, 15) is 24.6 Å². The quantitative estimate of drug-likeness (QED) is 0.166. The van der Waals surface area contributed by atoms with Crippen molar-refractivity contribution in [1.29, 1.82) is 0 Å². The van der Waals surface area contributed by atoms with Gasteiger partial charge in [-0.25, -0.2) is 4.79 Å². The number of carboxylic acids is 1. The molecule has 0 aliphatic carbocycles. The van der Waals surface area contributed by atoms with Gasteiger partial charge in [0.05, 0.1) is 6.04 Å². The molecule has 0 aromatic heterocycles. The second-order valence-electron chi connectivity index (χ2n) is 8.67. The number of aliphatic carboxylic acids is 1. The second kappa shape index (κ2) is 12.2. The van der Waals surface area contributed by atoms with E-state index in [0.29, 0.717) is 5.92 Å². The van der Waals surface area contributed by atoms with Gasteiger partial charge in [-0.15, -0.1) is 0 Å². The molecule has 1 heterocycles. The molecular formula is C25H35NO6. The molecule has 0 unspecified atom stereocenters. The summed E-state index contributed by atoms with van der Waals surface area (Å²) in [6.45, 7) is 9.18. The number of Topliss-reactive ketones (excluding diaryl/α,β-unsaturated/α-hetero) is 1. The minimum Gasteiger partial charge on any atom is -0.507 e. The van der Waals surface area contributed by atoms with Crippen LogP contribution >= 0.6 is 0 Å². The fourth-order valence-electron chi connectivity index (χ4n) is 3.29. The largest absolute Gasteiger partial charge is 0.507 e. The first-order chi connectivity index (χ1) is 14.9. The monoisotopic (exact) mass is 445 g/mol. The third-order valence-corrected chi connectivity index (χ3v) is 5.37. The molecule has 1 aliphatic heterocycles. The Hall–Kier alpha value is -2.93. The zero-order valence-corrected chi connectivity index (χ0v) is 19.5. The van der Waals surface area contributed by atoms with Crippen molar-refractivity contribution in [2.24, 2.45) is 11.8 Å². The zero-order chi connectivity index (χ0) is 24.5. The van der Waals surface area contributed by atoms with Crippen molar-refractivity contribution in [1.82, 2.24) is 5.32 Å². The van der Waals surface area contributed by atoms with Crippen LogP contribution in [0.25, 0.3) is 0 Å². The highest BCUT2D eigenvalue weighted by molar-refractivity contribution is 6.27. The predicted octanol–water partition coefficient (Wildman–Crippen LogP) is 3.78. The van der Waals surface area contributed by atoms with Crippen molar-refractivity contribution in [3.8, 4) is 0 Å². The first-order valence-corrected chi connectivity index (χ1v) is 10.8. The van der Waals surface area contributed by atoms with Crippen LogP contribution in [-0.2, 0) is 14.4 Å². The minimum absolute atomic E-state index is 0.102. The number of allylic oxidation sites excluding steroid dienone is 8. The molecule has 4 N–H and O–H groups in total. The molecular weight excluding hydrogens is 410 g/mol. The van der Waals surface area contributed by atoms with Gasteiger partial charge in [-0.1, -0.05) is 55.9 Å². The van der Waals surface area contributed by atoms with E-state index in [4.69, 9.17) is 5.11 Å². The second-order valence-corrected chi connectivity index (χ2v) is 8.67. The Morgan fingerprint density at radius 3 is 2.44 bits per heavy atom. The van der Waals surface area contributed by atoms with Gasteiger partial charge in [-0.3, -0.25) is 9.59 Å². The summed E-state index contributed by atoms with van der Waals surface area (Å²) in [6, 6.07) is -1.20. The average Bonchev–Trinajstić information content (AvgIpc) is 2.97. The van der Waals surface area contributed by atoms with Gasteiger partial charge in [0.15, 0.2) is 11.4 Å². The Bertz CT molecular complexity index is 860. The Balaban J connectivity index is 2.70. The summed E-state index contributed by atoms with van der Waals surface area (Å²) in [7, 11) is 0. The number of rotatable bonds is 11. The van der Waals surface area contributed by atoms with Crippen LogP contribution in [0.3, 0.4) is 0 Å². The van der Waals surface area contributed by atoms with Crippen molar-refractivity contribution >= 4 is 17.7 Å². The third-order valence-electron chi connectivity index (χ3n) is 5.37. The highest BCUT2D eigenvalue weighted by Crippen LogP contribution is 2.23. The fourth-order valence-corrected chi connectivity index (χ4v) is 3.29. The lowest BCUT2D eigenvalue weighted by Gasteiger charge is -2.20. The molecule has 1 aliphatic rings. The molecule has 176 valence electrons. The summed E-state index contributed by atoms with van der Waals surface area (Å²) in [6.07, 6.45) is 14.5. The lowest BCUT2D eigenvalue weighted by molar-refractivity contribution is -0.158. The van der Waals surface area contributed by atoms with Crippen LogP contribution in [0.4, 0.5) is 0 Å². The standard InChI is InChI=1S/C25H35NO6/c1-6-16(2)10-8-7-9-11-17(3)14-18(4)12-13-20(27)21-22(28)19(26-23(21)29)15-25(5,32)24(30)31/h6-10,12-13,17-19,27,32H,11,14-15H2,1-5H3,(H,26,29)(H,30,31)/b9-7+,10-8+,13-12+,16-6+,21-20-/t17-,18+,19+,25+/m1/s1. The number of aliphatic hydroxyl groups excluding tert-OH is 1. The third kappa shape index (κ3) is 8.30. The molecule has 1 amide bonds. The smallest absolute Gasteiger partial charge is 0.335 e. The van der Waals surface area contributed by atoms with E-state index in [1.54, 1.807) is 6.08 Å². The zero-order valence-electron chi connectivity index (χ0n) is 19.5. The van der Waals surface area contributed by atoms with Crippen LogP contribution in [0.2, 0.25) is 0 Å². The Labute approximate surface area is 189 Å². The average molecular weight is 446 g/mol. The molecule has 0 saturated carbocycles. The van der Waals surface area contributed by atoms with Crippen molar-refractivity contribution < 1.29 is 29.7 Å². The number of carbonyl (C=O) groups excluding carboxylic acids is 2. The molecule has 32 heavy (non-hydrogen) atoms. The molecule has 1 saturated heterocycles. The molecule has 0 aromatic rings. The summed E-state index contributed by atoms with van der Waals surface area (Å²) in [5.74, 6) is -2.97. The fraction of sp³-hybridized carbons (Fsp3) is 0.480. The van der Waals surface area contributed by atoms with Crippen LogP contribution in [0.15, 0.2) is 59.4 Å². The van der Waals surface area contributed by atoms with Gasteiger partial charge in [-0.05, 0) is 51.5 Å². The molecule has 7 heteroatoms. The molecule has 0 radical (unpaired) electrons. The van der Waals surface area contributed by atoms with E-state index in [2.05, 4.69) is 18.3 Å². The maximum Gasteiger partial charge on any atom is 0.335 e. The van der Waals surface area contributed by atoms with E-state index < -0.39 is 47.1 Å². The molecule has 4 atom stereocenters. The number of nitrogens with one attached hydrogen (secondary N) is 1. The normalized spacial score (nSPS) is 23.1. The lowest BCUT2D eigenvalue weighted by atomic mass is 9.93. The van der Waals surface area contributed by atoms with E-state index in [1.165, 1.54) is 11.6 Å². The van der Waals surface area contributed by atoms with Gasteiger partial charge in [-0.2, -0.15) is 0 Å². The van der Waals surface area contributed by atoms with E-state index >= 15 is 0 Å². The van der Waals surface area contributed by atoms with Crippen LogP contribution in [0, 0.1) is 11.8 Å². The van der Waals surface area contributed by atoms with Gasteiger partial charge in [0.25, 0.3) is 5.91 Å². The van der Waals surface area contributed by atoms with Gasteiger partial charge in [0.2, 0.25) is 0 Å². The topological polar surface area (TPSA) is 124 Å². The summed E-state index contributed by atoms with van der Waals surface area (Å²) in [5.41, 5.74) is -1.39. The Kier molecular flexibility index (Phi) is 10.3. The maximum absolute atomic E-state index is 12.5. The number of aliphatic hydroxyl groups is 2. The van der Waals surface area contributed by atoms with Crippen molar-refractivity contribution in [3.63, 3.8) is 0 Å². The summed E-state index contributed by atoms with van der Waals surface area (Å²) in [5, 5.41) is 31.5. The Morgan fingerprint density at radius 2 is 1.84 bits per heavy atom. The molecule has 7 nitrogen and oxygen atoms in total. The molecule has 1 rings (SSSR count). The molecule has 1 fully saturated rings. The molecule has 0 bridgehead atoms. The predicted molar refractivity (Wildman–Crippen MR) is 124 cm³/mol. The van der Waals surface area contributed by atoms with Crippen molar-refractivity contribution in [2.45, 2.75) is 65.5 Å². The van der Waals surface area contributed by atoms with E-state index in [1.807, 2.05) is 45.1 Å². The highest BCUT2D eigenvalue weighted by atomic mass is 16.4. The summed E-state index contributed by atoms with van der Waals surface area (Å²) < 4.78 is 0. The number of ketones is 1. The van der Waals surface area contributed by atoms with Crippen LogP contribution in [0.1, 0.15) is 53.9 Å². The minimum atomic E-state index is -2.17. The maximum atomic E-state index is 12.5. The van der Waals surface area contributed by atoms with Crippen molar-refractivity contribution in [2.75, 3.05) is 0 Å². The van der Waals surface area contributed by atoms with Gasteiger partial charge < -0.3 is 20.6 Å². The van der Waals surface area contributed by atoms with Gasteiger partial charge in [0, 0.05) is 6.42 Å². The lowest BCUT2D eigenvalue weighted by Crippen LogP contribution is -2.43. The van der Waals surface area contributed by atoms with Gasteiger partial charge >= 0.3 is 5.97 Å². The first-order valence-electron chi connectivity index (χ1n) is 10.8. The number of hydrogen-bond donors (Lipinski definition) is 4. The number of amides is 1. The summed E-state index contributed by atoms with van der Waals surface area (Å²) >= 11 is 0. The number of hydrogen-bond acceptors (Lipinski definition) is 5. The first kappa shape index (κ1) is 27.1. The van der Waals surface area contributed by atoms with Gasteiger partial charge in [0.1, 0.15) is 11.3 Å². The summed E-state index contributed by atoms with van der Waals surface area (Å²) in [4.78, 5) is 35.6. The van der Waals surface area contributed by atoms with Crippen LogP contribution in [-0.4, -0.2) is 44.6 Å². The van der Waals surface area contributed by atoms with E-state index in [-0.39, 0.29) is 5.92 Å². The number of carbonyl (C=O) groups is 3. The Morgan fingerprint density at radius 1 is 1.19 bits per heavy atom. The van der Waals surface area contributed by atoms with E-state index in [0.717, 1.165) is 19.8 Å². The molecule has 0 spiro atoms. The van der Waals surface area contributed by atoms with Crippen LogP contribution in [0.5, 0.6) is 0 Å². The van der Waals surface area contributed by atoms with Crippen LogP contribution < -0.4 is 5.32 Å². The molecule has 0 aromatic carbocycles. The number of carboxylic acid groups (broad SMARTS) is 1. The highest BCUT2D eigenvalue weighted by Gasteiger charge is 2.43. The SMILES string of the molecule is C/C=C(C)/C=C/C=C/C[C@@H](C)C[C@@H](C)/C=C/C(O)=C1/C(=O)N[C@@H](C[C@](C)(O)C(=O)O)C1=O.